The van der Waals surface area contributed by atoms with E-state index in [1.807, 2.05) is 18.2 Å². The summed E-state index contributed by atoms with van der Waals surface area (Å²) in [6, 6.07) is 9.62. The lowest BCUT2D eigenvalue weighted by molar-refractivity contribution is 0.554. The number of hydrogen-bond donors (Lipinski definition) is 0. The van der Waals surface area contributed by atoms with Gasteiger partial charge in [0.05, 0.1) is 0 Å². The van der Waals surface area contributed by atoms with Crippen LogP contribution in [0.1, 0.15) is 16.0 Å². The van der Waals surface area contributed by atoms with Gasteiger partial charge in [-0.05, 0) is 36.2 Å². The first-order chi connectivity index (χ1) is 8.99. The summed E-state index contributed by atoms with van der Waals surface area (Å²) < 4.78 is 29.1. The molecule has 0 radical (unpaired) electrons. The van der Waals surface area contributed by atoms with Crippen LogP contribution in [-0.4, -0.2) is 0 Å². The molecule has 0 nitrogen and oxygen atoms in total. The number of rotatable bonds is 3. The van der Waals surface area contributed by atoms with Crippen molar-refractivity contribution in [2.24, 2.45) is 0 Å². The van der Waals surface area contributed by atoms with Crippen LogP contribution in [0.25, 0.3) is 0 Å². The van der Waals surface area contributed by atoms with Crippen molar-refractivity contribution in [3.63, 3.8) is 0 Å². The SMILES string of the molecule is Fc1cccc(F)c1CC(Br)c1ccc(Br)cc1Br. The molecule has 0 saturated carbocycles. The van der Waals surface area contributed by atoms with Gasteiger partial charge in [0.25, 0.3) is 0 Å². The number of benzene rings is 2. The van der Waals surface area contributed by atoms with Crippen molar-refractivity contribution in [3.05, 3.63) is 68.1 Å². The molecule has 2 aromatic rings. The van der Waals surface area contributed by atoms with Crippen molar-refractivity contribution < 1.29 is 8.78 Å². The molecule has 0 amide bonds. The second-order valence-electron chi connectivity index (χ2n) is 4.04. The Kier molecular flexibility index (Phi) is 5.15. The number of alkyl halides is 1. The molecule has 1 atom stereocenters. The predicted octanol–water partition coefficient (Wildman–Crippen LogP) is 6.17. The molecule has 2 rings (SSSR count). The van der Waals surface area contributed by atoms with Crippen LogP contribution >= 0.6 is 47.8 Å². The van der Waals surface area contributed by atoms with Gasteiger partial charge in [0.15, 0.2) is 0 Å². The molecule has 0 N–H and O–H groups in total. The van der Waals surface area contributed by atoms with Crippen molar-refractivity contribution in [1.29, 1.82) is 0 Å². The minimum atomic E-state index is -0.516. The summed E-state index contributed by atoms with van der Waals surface area (Å²) in [5.41, 5.74) is 1.05. The van der Waals surface area contributed by atoms with E-state index >= 15 is 0 Å². The second kappa shape index (κ2) is 6.46. The molecule has 0 spiro atoms. The van der Waals surface area contributed by atoms with Gasteiger partial charge in [0.1, 0.15) is 11.6 Å². The Hall–Kier alpha value is -0.260. The first-order valence-corrected chi connectivity index (χ1v) is 8.01. The first kappa shape index (κ1) is 15.1. The predicted molar refractivity (Wildman–Crippen MR) is 83.6 cm³/mol. The lowest BCUT2D eigenvalue weighted by Crippen LogP contribution is -2.02. The third kappa shape index (κ3) is 3.64. The zero-order chi connectivity index (χ0) is 14.0. The van der Waals surface area contributed by atoms with Crippen LogP contribution in [0.2, 0.25) is 0 Å². The van der Waals surface area contributed by atoms with E-state index < -0.39 is 11.6 Å². The van der Waals surface area contributed by atoms with Gasteiger partial charge in [0.2, 0.25) is 0 Å². The minimum absolute atomic E-state index is 0.0965. The molecule has 0 fully saturated rings. The van der Waals surface area contributed by atoms with Crippen LogP contribution in [0.3, 0.4) is 0 Å². The van der Waals surface area contributed by atoms with E-state index in [2.05, 4.69) is 47.8 Å². The fraction of sp³-hybridized carbons (Fsp3) is 0.143. The van der Waals surface area contributed by atoms with E-state index in [-0.39, 0.29) is 16.8 Å². The summed E-state index contributed by atoms with van der Waals surface area (Å²) in [6.45, 7) is 0. The standard InChI is InChI=1S/C14H9Br3F2/c15-8-4-5-9(11(16)6-8)12(17)7-10-13(18)2-1-3-14(10)19/h1-6,12H,7H2. The summed E-state index contributed by atoms with van der Waals surface area (Å²) in [6.07, 6.45) is 0.249. The average molecular weight is 455 g/mol. The van der Waals surface area contributed by atoms with Crippen LogP contribution in [-0.2, 0) is 6.42 Å². The first-order valence-electron chi connectivity index (χ1n) is 5.51. The minimum Gasteiger partial charge on any atom is -0.207 e. The van der Waals surface area contributed by atoms with Crippen molar-refractivity contribution in [2.45, 2.75) is 11.2 Å². The van der Waals surface area contributed by atoms with Crippen molar-refractivity contribution in [1.82, 2.24) is 0 Å². The van der Waals surface area contributed by atoms with Gasteiger partial charge in [-0.25, -0.2) is 8.78 Å². The molecule has 0 aliphatic carbocycles. The third-order valence-electron chi connectivity index (χ3n) is 2.74. The topological polar surface area (TPSA) is 0 Å². The molecule has 0 aliphatic rings. The molecule has 0 aromatic heterocycles. The van der Waals surface area contributed by atoms with Crippen LogP contribution < -0.4 is 0 Å². The van der Waals surface area contributed by atoms with Crippen LogP contribution in [0.15, 0.2) is 45.3 Å². The molecule has 5 heteroatoms. The lowest BCUT2D eigenvalue weighted by atomic mass is 10.0. The normalized spacial score (nSPS) is 12.5. The summed E-state index contributed by atoms with van der Waals surface area (Å²) in [7, 11) is 0. The maximum absolute atomic E-state index is 13.6. The highest BCUT2D eigenvalue weighted by Gasteiger charge is 2.17. The van der Waals surface area contributed by atoms with E-state index in [1.165, 1.54) is 18.2 Å². The van der Waals surface area contributed by atoms with Gasteiger partial charge in [-0.1, -0.05) is 59.9 Å². The molecule has 1 unspecified atom stereocenters. The molecule has 100 valence electrons. The second-order valence-corrected chi connectivity index (χ2v) is 6.91. The molecular weight excluding hydrogens is 446 g/mol. The monoisotopic (exact) mass is 452 g/mol. The highest BCUT2D eigenvalue weighted by Crippen LogP contribution is 2.35. The van der Waals surface area contributed by atoms with Gasteiger partial charge in [0, 0.05) is 19.3 Å². The Bertz CT molecular complexity index is 579. The van der Waals surface area contributed by atoms with Gasteiger partial charge in [-0.2, -0.15) is 0 Å². The molecule has 0 heterocycles. The zero-order valence-electron chi connectivity index (χ0n) is 9.64. The zero-order valence-corrected chi connectivity index (χ0v) is 14.4. The Morgan fingerprint density at radius 2 is 1.63 bits per heavy atom. The van der Waals surface area contributed by atoms with Gasteiger partial charge >= 0.3 is 0 Å². The maximum atomic E-state index is 13.6. The molecule has 19 heavy (non-hydrogen) atoms. The Morgan fingerprint density at radius 1 is 1.00 bits per heavy atom. The van der Waals surface area contributed by atoms with Crippen molar-refractivity contribution in [2.75, 3.05) is 0 Å². The summed E-state index contributed by atoms with van der Waals surface area (Å²) in [5, 5.41) is 0. The van der Waals surface area contributed by atoms with Gasteiger partial charge in [-0.15, -0.1) is 0 Å². The third-order valence-corrected chi connectivity index (χ3v) is 4.74. The molecule has 0 bridgehead atoms. The quantitative estimate of drug-likeness (QED) is 0.486. The average Bonchev–Trinajstić information content (AvgIpc) is 2.33. The molecule has 2 aromatic carbocycles. The van der Waals surface area contributed by atoms with E-state index in [0.29, 0.717) is 0 Å². The van der Waals surface area contributed by atoms with E-state index in [1.54, 1.807) is 0 Å². The summed E-state index contributed by atoms with van der Waals surface area (Å²) in [4.78, 5) is -0.165. The highest BCUT2D eigenvalue weighted by molar-refractivity contribution is 9.11. The Balaban J connectivity index is 2.28. The van der Waals surface area contributed by atoms with Gasteiger partial charge in [-0.3, -0.25) is 0 Å². The van der Waals surface area contributed by atoms with Crippen LogP contribution in [0, 0.1) is 11.6 Å². The maximum Gasteiger partial charge on any atom is 0.129 e. The Morgan fingerprint density at radius 3 is 2.21 bits per heavy atom. The van der Waals surface area contributed by atoms with Crippen molar-refractivity contribution in [3.8, 4) is 0 Å². The highest BCUT2D eigenvalue weighted by atomic mass is 79.9. The largest absolute Gasteiger partial charge is 0.207 e. The molecule has 0 aliphatic heterocycles. The van der Waals surface area contributed by atoms with E-state index in [9.17, 15) is 8.78 Å². The number of hydrogen-bond acceptors (Lipinski definition) is 0. The molecular formula is C14H9Br3F2. The summed E-state index contributed by atoms with van der Waals surface area (Å²) in [5.74, 6) is -1.03. The van der Waals surface area contributed by atoms with E-state index in [0.717, 1.165) is 14.5 Å². The number of halogens is 5. The van der Waals surface area contributed by atoms with Gasteiger partial charge < -0.3 is 0 Å². The van der Waals surface area contributed by atoms with Crippen LogP contribution in [0.4, 0.5) is 8.78 Å². The fourth-order valence-corrected chi connectivity index (χ4v) is 4.13. The lowest BCUT2D eigenvalue weighted by Gasteiger charge is -2.13. The summed E-state index contributed by atoms with van der Waals surface area (Å²) >= 11 is 10.3. The smallest absolute Gasteiger partial charge is 0.129 e. The van der Waals surface area contributed by atoms with E-state index in [4.69, 9.17) is 0 Å². The molecule has 0 saturated heterocycles. The Labute approximate surface area is 135 Å². The van der Waals surface area contributed by atoms with Crippen LogP contribution in [0.5, 0.6) is 0 Å². The van der Waals surface area contributed by atoms with Crippen molar-refractivity contribution >= 4 is 47.8 Å². The fourth-order valence-electron chi connectivity index (χ4n) is 1.77.